The molecular formula is C6H14N2O. The highest BCUT2D eigenvalue weighted by molar-refractivity contribution is 5.07. The van der Waals surface area contributed by atoms with Crippen LogP contribution in [0.3, 0.4) is 0 Å². The summed E-state index contributed by atoms with van der Waals surface area (Å²) >= 11 is 0. The van der Waals surface area contributed by atoms with Gasteiger partial charge in [0.25, 0.3) is 0 Å². The van der Waals surface area contributed by atoms with Gasteiger partial charge in [-0.2, -0.15) is 0 Å². The molecule has 1 aliphatic rings. The van der Waals surface area contributed by atoms with E-state index in [4.69, 9.17) is 5.73 Å². The maximum absolute atomic E-state index is 9.43. The van der Waals surface area contributed by atoms with Crippen LogP contribution in [0, 0.1) is 0 Å². The summed E-state index contributed by atoms with van der Waals surface area (Å²) in [5.41, 5.74) is 4.62. The molecule has 9 heavy (non-hydrogen) atoms. The predicted molar refractivity (Wildman–Crippen MR) is 36.1 cm³/mol. The van der Waals surface area contributed by atoms with Crippen molar-refractivity contribution in [2.45, 2.75) is 25.0 Å². The second kappa shape index (κ2) is 1.68. The molecule has 0 spiro atoms. The highest BCUT2D eigenvalue weighted by atomic mass is 16.3. The molecule has 0 atom stereocenters. The fourth-order valence-corrected chi connectivity index (χ4v) is 0.827. The molecule has 1 fully saturated rings. The van der Waals surface area contributed by atoms with E-state index in [2.05, 4.69) is 5.32 Å². The van der Waals surface area contributed by atoms with Crippen molar-refractivity contribution in [2.75, 3.05) is 13.1 Å². The van der Waals surface area contributed by atoms with E-state index in [1.165, 1.54) is 0 Å². The standard InChI is InChI=1S/C6H14N2O/c1-5(2,9)6(7)3-8-4-6/h8-9H,3-4,7H2,1-2H3. The summed E-state index contributed by atoms with van der Waals surface area (Å²) in [4.78, 5) is 0. The Bertz CT molecular complexity index is 113. The predicted octanol–water partition coefficient (Wildman–Crippen LogP) is -0.942. The Morgan fingerprint density at radius 1 is 1.56 bits per heavy atom. The number of rotatable bonds is 1. The van der Waals surface area contributed by atoms with Crippen LogP contribution in [0.2, 0.25) is 0 Å². The van der Waals surface area contributed by atoms with E-state index in [0.717, 1.165) is 13.1 Å². The van der Waals surface area contributed by atoms with Crippen molar-refractivity contribution < 1.29 is 5.11 Å². The summed E-state index contributed by atoms with van der Waals surface area (Å²) in [6.07, 6.45) is 0. The second-order valence-corrected chi connectivity index (χ2v) is 3.32. The lowest BCUT2D eigenvalue weighted by atomic mass is 9.78. The molecule has 0 aliphatic carbocycles. The quantitative estimate of drug-likeness (QED) is 0.429. The van der Waals surface area contributed by atoms with Crippen molar-refractivity contribution in [2.24, 2.45) is 5.73 Å². The van der Waals surface area contributed by atoms with Crippen LogP contribution in [0.25, 0.3) is 0 Å². The molecular weight excluding hydrogens is 116 g/mol. The molecule has 0 aromatic heterocycles. The Morgan fingerprint density at radius 3 is 2.00 bits per heavy atom. The molecule has 1 aliphatic heterocycles. The van der Waals surface area contributed by atoms with Crippen molar-refractivity contribution >= 4 is 0 Å². The zero-order valence-corrected chi connectivity index (χ0v) is 5.94. The van der Waals surface area contributed by atoms with E-state index >= 15 is 0 Å². The summed E-state index contributed by atoms with van der Waals surface area (Å²) in [6.45, 7) is 4.93. The summed E-state index contributed by atoms with van der Waals surface area (Å²) in [5, 5.41) is 12.5. The molecule has 4 N–H and O–H groups in total. The Balaban J connectivity index is 2.59. The molecule has 0 unspecified atom stereocenters. The lowest BCUT2D eigenvalue weighted by molar-refractivity contribution is -0.0274. The topological polar surface area (TPSA) is 58.3 Å². The Hall–Kier alpha value is -0.120. The second-order valence-electron chi connectivity index (χ2n) is 3.32. The van der Waals surface area contributed by atoms with Crippen molar-refractivity contribution in [1.82, 2.24) is 5.32 Å². The van der Waals surface area contributed by atoms with Gasteiger partial charge in [-0.15, -0.1) is 0 Å². The van der Waals surface area contributed by atoms with E-state index < -0.39 is 11.1 Å². The number of aliphatic hydroxyl groups is 1. The zero-order valence-electron chi connectivity index (χ0n) is 5.94. The maximum Gasteiger partial charge on any atom is 0.0795 e. The Labute approximate surface area is 55.2 Å². The highest BCUT2D eigenvalue weighted by Crippen LogP contribution is 2.22. The first-order valence-electron chi connectivity index (χ1n) is 3.18. The molecule has 0 radical (unpaired) electrons. The minimum absolute atomic E-state index is 0.396. The van der Waals surface area contributed by atoms with Gasteiger partial charge >= 0.3 is 0 Å². The number of nitrogens with one attached hydrogen (secondary N) is 1. The summed E-state index contributed by atoms with van der Waals surface area (Å²) in [5.74, 6) is 0. The van der Waals surface area contributed by atoms with Crippen LogP contribution in [-0.4, -0.2) is 29.3 Å². The van der Waals surface area contributed by atoms with Gasteiger partial charge in [-0.25, -0.2) is 0 Å². The van der Waals surface area contributed by atoms with Crippen LogP contribution < -0.4 is 11.1 Å². The van der Waals surface area contributed by atoms with Crippen molar-refractivity contribution in [3.05, 3.63) is 0 Å². The van der Waals surface area contributed by atoms with Gasteiger partial charge in [0, 0.05) is 13.1 Å². The maximum atomic E-state index is 9.43. The van der Waals surface area contributed by atoms with Crippen LogP contribution in [0.4, 0.5) is 0 Å². The van der Waals surface area contributed by atoms with Gasteiger partial charge < -0.3 is 16.2 Å². The van der Waals surface area contributed by atoms with Gasteiger partial charge in [0.1, 0.15) is 0 Å². The fourth-order valence-electron chi connectivity index (χ4n) is 0.827. The Kier molecular flexibility index (Phi) is 1.31. The largest absolute Gasteiger partial charge is 0.388 e. The molecule has 1 rings (SSSR count). The van der Waals surface area contributed by atoms with Gasteiger partial charge in [0.15, 0.2) is 0 Å². The van der Waals surface area contributed by atoms with Gasteiger partial charge in [-0.3, -0.25) is 0 Å². The first-order chi connectivity index (χ1) is 3.96. The molecule has 1 saturated heterocycles. The lowest BCUT2D eigenvalue weighted by Crippen LogP contribution is -2.75. The van der Waals surface area contributed by atoms with E-state index in [0.29, 0.717) is 0 Å². The molecule has 3 heteroatoms. The Morgan fingerprint density at radius 2 is 2.00 bits per heavy atom. The van der Waals surface area contributed by atoms with Gasteiger partial charge in [0.2, 0.25) is 0 Å². The normalized spacial score (nSPS) is 25.3. The molecule has 0 saturated carbocycles. The first kappa shape index (κ1) is 6.99. The van der Waals surface area contributed by atoms with Crippen molar-refractivity contribution in [3.63, 3.8) is 0 Å². The molecule has 0 aromatic carbocycles. The smallest absolute Gasteiger partial charge is 0.0795 e. The molecule has 0 amide bonds. The monoisotopic (exact) mass is 130 g/mol. The van der Waals surface area contributed by atoms with Gasteiger partial charge in [-0.05, 0) is 13.8 Å². The summed E-state index contributed by atoms with van der Waals surface area (Å²) < 4.78 is 0. The highest BCUT2D eigenvalue weighted by Gasteiger charge is 2.45. The zero-order chi connectivity index (χ0) is 7.12. The van der Waals surface area contributed by atoms with Crippen LogP contribution in [0.5, 0.6) is 0 Å². The lowest BCUT2D eigenvalue weighted by Gasteiger charge is -2.47. The van der Waals surface area contributed by atoms with Crippen molar-refractivity contribution in [1.29, 1.82) is 0 Å². The molecule has 3 nitrogen and oxygen atoms in total. The minimum Gasteiger partial charge on any atom is -0.388 e. The average Bonchev–Trinajstić information content (AvgIpc) is 1.57. The number of hydrogen-bond donors (Lipinski definition) is 3. The van der Waals surface area contributed by atoms with Gasteiger partial charge in [0.05, 0.1) is 11.1 Å². The molecule has 0 aromatic rings. The number of hydrogen-bond acceptors (Lipinski definition) is 3. The molecule has 1 heterocycles. The molecule has 54 valence electrons. The molecule has 0 bridgehead atoms. The summed E-state index contributed by atoms with van der Waals surface area (Å²) in [7, 11) is 0. The summed E-state index contributed by atoms with van der Waals surface area (Å²) in [6, 6.07) is 0. The minimum atomic E-state index is -0.752. The third-order valence-electron chi connectivity index (χ3n) is 2.10. The van der Waals surface area contributed by atoms with Crippen LogP contribution >= 0.6 is 0 Å². The number of nitrogens with two attached hydrogens (primary N) is 1. The fraction of sp³-hybridized carbons (Fsp3) is 1.00. The van der Waals surface area contributed by atoms with Crippen LogP contribution in [-0.2, 0) is 0 Å². The van der Waals surface area contributed by atoms with E-state index in [1.807, 2.05) is 0 Å². The van der Waals surface area contributed by atoms with Gasteiger partial charge in [-0.1, -0.05) is 0 Å². The third-order valence-corrected chi connectivity index (χ3v) is 2.10. The van der Waals surface area contributed by atoms with E-state index in [1.54, 1.807) is 13.8 Å². The van der Waals surface area contributed by atoms with E-state index in [9.17, 15) is 5.11 Å². The van der Waals surface area contributed by atoms with E-state index in [-0.39, 0.29) is 0 Å². The van der Waals surface area contributed by atoms with Crippen molar-refractivity contribution in [3.8, 4) is 0 Å². The SMILES string of the molecule is CC(C)(O)C1(N)CNC1. The third kappa shape index (κ3) is 0.956. The average molecular weight is 130 g/mol. The first-order valence-corrected chi connectivity index (χ1v) is 3.18. The van der Waals surface area contributed by atoms with Crippen LogP contribution in [0.1, 0.15) is 13.8 Å². The van der Waals surface area contributed by atoms with Crippen LogP contribution in [0.15, 0.2) is 0 Å².